The molecule has 2 aromatic rings. The van der Waals surface area contributed by atoms with Gasteiger partial charge in [0, 0.05) is 13.1 Å². The summed E-state index contributed by atoms with van der Waals surface area (Å²) in [6, 6.07) is 13.6. The molecule has 0 aromatic heterocycles. The van der Waals surface area contributed by atoms with Gasteiger partial charge in [-0.2, -0.15) is 0 Å². The number of carbonyl (C=O) groups excluding carboxylic acids is 3. The van der Waals surface area contributed by atoms with E-state index in [1.54, 1.807) is 4.90 Å². The molecule has 0 aliphatic carbocycles. The third-order valence-electron chi connectivity index (χ3n) is 5.21. The molecular weight excluding hydrogens is 318 g/mol. The van der Waals surface area contributed by atoms with Crippen molar-refractivity contribution < 1.29 is 14.4 Å². The van der Waals surface area contributed by atoms with E-state index in [1.807, 2.05) is 42.5 Å². The zero-order chi connectivity index (χ0) is 17.4. The molecule has 0 atom stereocenters. The Hall–Kier alpha value is -2.89. The summed E-state index contributed by atoms with van der Waals surface area (Å²) in [6.45, 7) is 0.939. The van der Waals surface area contributed by atoms with Crippen LogP contribution in [0.4, 0.5) is 4.79 Å². The fraction of sp³-hybridized carbons (Fsp3) is 0.316. The van der Waals surface area contributed by atoms with Crippen LogP contribution in [-0.2, 0) is 16.0 Å². The first-order chi connectivity index (χ1) is 12.1. The number of imide groups is 1. The molecule has 2 saturated heterocycles. The lowest BCUT2D eigenvalue weighted by Crippen LogP contribution is -2.55. The first-order valence-corrected chi connectivity index (χ1v) is 8.45. The van der Waals surface area contributed by atoms with Crippen molar-refractivity contribution in [2.45, 2.75) is 24.8 Å². The van der Waals surface area contributed by atoms with Crippen LogP contribution in [0, 0.1) is 0 Å². The molecule has 4 rings (SSSR count). The van der Waals surface area contributed by atoms with Crippen molar-refractivity contribution in [1.29, 1.82) is 0 Å². The highest BCUT2D eigenvalue weighted by molar-refractivity contribution is 6.07. The third-order valence-corrected chi connectivity index (χ3v) is 5.21. The van der Waals surface area contributed by atoms with Crippen molar-refractivity contribution in [2.24, 2.45) is 0 Å². The molecule has 2 aliphatic heterocycles. The van der Waals surface area contributed by atoms with E-state index in [4.69, 9.17) is 0 Å². The normalized spacial score (nSPS) is 19.1. The smallest absolute Gasteiger partial charge is 0.322 e. The van der Waals surface area contributed by atoms with Gasteiger partial charge in [-0.25, -0.2) is 4.79 Å². The minimum atomic E-state index is -0.840. The number of carbonyl (C=O) groups is 3. The molecule has 2 heterocycles. The van der Waals surface area contributed by atoms with Gasteiger partial charge in [0.15, 0.2) is 0 Å². The number of fused-ring (bicyclic) bond motifs is 1. The summed E-state index contributed by atoms with van der Waals surface area (Å²) in [5, 5.41) is 7.22. The van der Waals surface area contributed by atoms with Gasteiger partial charge < -0.3 is 10.2 Å². The van der Waals surface area contributed by atoms with Crippen LogP contribution in [0.1, 0.15) is 18.4 Å². The van der Waals surface area contributed by atoms with E-state index >= 15 is 0 Å². The number of hydrogen-bond acceptors (Lipinski definition) is 3. The van der Waals surface area contributed by atoms with Crippen LogP contribution >= 0.6 is 0 Å². The first kappa shape index (κ1) is 15.6. The molecule has 2 aromatic carbocycles. The van der Waals surface area contributed by atoms with Crippen molar-refractivity contribution in [3.63, 3.8) is 0 Å². The molecule has 6 nitrogen and oxygen atoms in total. The van der Waals surface area contributed by atoms with Crippen molar-refractivity contribution in [1.82, 2.24) is 15.5 Å². The highest BCUT2D eigenvalue weighted by Crippen LogP contribution is 2.26. The van der Waals surface area contributed by atoms with Gasteiger partial charge in [0.05, 0.1) is 6.42 Å². The highest BCUT2D eigenvalue weighted by Gasteiger charge is 2.48. The average Bonchev–Trinajstić information content (AvgIpc) is 2.89. The number of amides is 4. The van der Waals surface area contributed by atoms with E-state index in [9.17, 15) is 14.4 Å². The molecule has 0 unspecified atom stereocenters. The lowest BCUT2D eigenvalue weighted by Gasteiger charge is -2.37. The molecular formula is C19H19N3O3. The maximum Gasteiger partial charge on any atom is 0.322 e. The van der Waals surface area contributed by atoms with Crippen LogP contribution < -0.4 is 10.6 Å². The summed E-state index contributed by atoms with van der Waals surface area (Å²) in [5.41, 5.74) is 0.170. The minimum Gasteiger partial charge on any atom is -0.342 e. The van der Waals surface area contributed by atoms with E-state index in [2.05, 4.69) is 10.6 Å². The van der Waals surface area contributed by atoms with Crippen LogP contribution in [0.15, 0.2) is 42.5 Å². The maximum absolute atomic E-state index is 12.7. The number of urea groups is 1. The molecule has 2 N–H and O–H groups in total. The number of piperidine rings is 1. The molecule has 2 aliphatic rings. The number of likely N-dealkylation sites (tertiary alicyclic amines) is 1. The van der Waals surface area contributed by atoms with Crippen molar-refractivity contribution in [2.75, 3.05) is 13.1 Å². The third kappa shape index (κ3) is 2.73. The Morgan fingerprint density at radius 2 is 1.76 bits per heavy atom. The molecule has 4 amide bonds. The Balaban J connectivity index is 1.46. The lowest BCUT2D eigenvalue weighted by atomic mass is 9.87. The van der Waals surface area contributed by atoms with Crippen LogP contribution in [0.3, 0.4) is 0 Å². The summed E-state index contributed by atoms with van der Waals surface area (Å²) < 4.78 is 0. The largest absolute Gasteiger partial charge is 0.342 e. The maximum atomic E-state index is 12.7. The molecule has 25 heavy (non-hydrogen) atoms. The molecule has 0 radical (unpaired) electrons. The number of benzene rings is 2. The summed E-state index contributed by atoms with van der Waals surface area (Å²) >= 11 is 0. The van der Waals surface area contributed by atoms with Crippen molar-refractivity contribution in [3.05, 3.63) is 48.0 Å². The van der Waals surface area contributed by atoms with Gasteiger partial charge in [-0.15, -0.1) is 0 Å². The predicted molar refractivity (Wildman–Crippen MR) is 92.9 cm³/mol. The fourth-order valence-electron chi connectivity index (χ4n) is 3.74. The highest BCUT2D eigenvalue weighted by atomic mass is 16.2. The van der Waals surface area contributed by atoms with Gasteiger partial charge in [-0.1, -0.05) is 42.5 Å². The molecule has 1 spiro atoms. The minimum absolute atomic E-state index is 0.0518. The van der Waals surface area contributed by atoms with Crippen LogP contribution in [0.25, 0.3) is 10.8 Å². The van der Waals surface area contributed by atoms with Crippen LogP contribution in [0.5, 0.6) is 0 Å². The van der Waals surface area contributed by atoms with Gasteiger partial charge in [0.2, 0.25) is 5.91 Å². The topological polar surface area (TPSA) is 78.5 Å². The Kier molecular flexibility index (Phi) is 3.67. The monoisotopic (exact) mass is 337 g/mol. The first-order valence-electron chi connectivity index (χ1n) is 8.45. The van der Waals surface area contributed by atoms with Gasteiger partial charge in [-0.3, -0.25) is 14.9 Å². The number of rotatable bonds is 2. The Morgan fingerprint density at radius 1 is 1.04 bits per heavy atom. The van der Waals surface area contributed by atoms with Gasteiger partial charge in [-0.05, 0) is 29.2 Å². The van der Waals surface area contributed by atoms with E-state index in [0.29, 0.717) is 32.4 Å². The summed E-state index contributed by atoms with van der Waals surface area (Å²) in [4.78, 5) is 37.8. The van der Waals surface area contributed by atoms with Gasteiger partial charge >= 0.3 is 6.03 Å². The second kappa shape index (κ2) is 5.88. The second-order valence-electron chi connectivity index (χ2n) is 6.69. The number of hydrogen-bond donors (Lipinski definition) is 2. The quantitative estimate of drug-likeness (QED) is 0.817. The summed E-state index contributed by atoms with van der Waals surface area (Å²) in [7, 11) is 0. The summed E-state index contributed by atoms with van der Waals surface area (Å²) in [5.74, 6) is -0.227. The Bertz CT molecular complexity index is 864. The summed E-state index contributed by atoms with van der Waals surface area (Å²) in [6.07, 6.45) is 1.24. The molecule has 0 saturated carbocycles. The average molecular weight is 337 g/mol. The van der Waals surface area contributed by atoms with Crippen molar-refractivity contribution >= 4 is 28.6 Å². The second-order valence-corrected chi connectivity index (χ2v) is 6.69. The van der Waals surface area contributed by atoms with Crippen molar-refractivity contribution in [3.8, 4) is 0 Å². The van der Waals surface area contributed by atoms with Crippen LogP contribution in [0.2, 0.25) is 0 Å². The number of nitrogens with zero attached hydrogens (tertiary/aromatic N) is 1. The standard InChI is InChI=1S/C19H19N3O3/c23-16(12-14-6-3-5-13-4-1-2-7-15(13)14)22-10-8-19(9-11-22)17(24)20-18(25)21-19/h1-7H,8-12H2,(H2,20,21,24,25). The zero-order valence-corrected chi connectivity index (χ0v) is 13.7. The lowest BCUT2D eigenvalue weighted by molar-refractivity contribution is -0.135. The van der Waals surface area contributed by atoms with E-state index in [0.717, 1.165) is 16.3 Å². The fourth-order valence-corrected chi connectivity index (χ4v) is 3.74. The Labute approximate surface area is 145 Å². The van der Waals surface area contributed by atoms with Gasteiger partial charge in [0.1, 0.15) is 5.54 Å². The number of nitrogens with one attached hydrogen (secondary N) is 2. The molecule has 128 valence electrons. The molecule has 0 bridgehead atoms. The van der Waals surface area contributed by atoms with E-state index in [1.165, 1.54) is 0 Å². The SMILES string of the molecule is O=C1NC(=O)C2(CCN(C(=O)Cc3cccc4ccccc34)CC2)N1. The Morgan fingerprint density at radius 3 is 2.48 bits per heavy atom. The van der Waals surface area contributed by atoms with E-state index in [-0.39, 0.29) is 11.8 Å². The molecule has 2 fully saturated rings. The van der Waals surface area contributed by atoms with Crippen LogP contribution in [-0.4, -0.2) is 41.4 Å². The van der Waals surface area contributed by atoms with E-state index < -0.39 is 11.6 Å². The van der Waals surface area contributed by atoms with Gasteiger partial charge in [0.25, 0.3) is 5.91 Å². The molecule has 6 heteroatoms. The zero-order valence-electron chi connectivity index (χ0n) is 13.7. The predicted octanol–water partition coefficient (Wildman–Crippen LogP) is 1.58.